The Bertz CT molecular complexity index is 1030. The third kappa shape index (κ3) is 3.32. The number of aliphatic imine (C=N–C) groups is 1. The molecule has 2 heterocycles. The molecule has 1 aliphatic rings. The predicted molar refractivity (Wildman–Crippen MR) is 114 cm³/mol. The second-order valence-electron chi connectivity index (χ2n) is 7.32. The van der Waals surface area contributed by atoms with Crippen LogP contribution in [0, 0.1) is 0 Å². The van der Waals surface area contributed by atoms with E-state index < -0.39 is 0 Å². The average molecular weight is 381 g/mol. The van der Waals surface area contributed by atoms with Crippen LogP contribution in [0.1, 0.15) is 50.7 Å². The highest BCUT2D eigenvalue weighted by molar-refractivity contribution is 6.48. The van der Waals surface area contributed by atoms with Crippen molar-refractivity contribution in [3.63, 3.8) is 0 Å². The fourth-order valence-electron chi connectivity index (χ4n) is 3.27. The molecule has 0 atom stereocenters. The number of aromatic nitrogens is 2. The lowest BCUT2D eigenvalue weighted by Gasteiger charge is -2.15. The molecule has 1 aromatic heterocycles. The number of methoxy groups -OCH3 is 1. The lowest BCUT2D eigenvalue weighted by Crippen LogP contribution is -2.27. The van der Waals surface area contributed by atoms with Crippen molar-refractivity contribution in [1.82, 2.24) is 9.66 Å². The van der Waals surface area contributed by atoms with Crippen LogP contribution in [0.3, 0.4) is 0 Å². The molecule has 1 aliphatic heterocycles. The van der Waals surface area contributed by atoms with Crippen LogP contribution in [0.4, 0.5) is 11.4 Å². The normalized spacial score (nSPS) is 14.4. The Morgan fingerprint density at radius 2 is 2.00 bits per heavy atom. The van der Waals surface area contributed by atoms with Crippen LogP contribution in [0.5, 0.6) is 5.75 Å². The van der Waals surface area contributed by atoms with Crippen molar-refractivity contribution in [3.8, 4) is 5.75 Å². The van der Waals surface area contributed by atoms with Gasteiger partial charge in [0.1, 0.15) is 17.1 Å². The first-order chi connectivity index (χ1) is 13.3. The largest absolute Gasteiger partial charge is 0.494 e. The summed E-state index contributed by atoms with van der Waals surface area (Å²) in [4.78, 5) is 24.5. The van der Waals surface area contributed by atoms with Gasteiger partial charge in [0.15, 0.2) is 5.82 Å². The molecule has 28 heavy (non-hydrogen) atoms. The number of rotatable bonds is 5. The van der Waals surface area contributed by atoms with Gasteiger partial charge in [-0.2, -0.15) is 9.78 Å². The van der Waals surface area contributed by atoms with Gasteiger partial charge < -0.3 is 9.64 Å². The third-order valence-electron chi connectivity index (χ3n) is 4.80. The van der Waals surface area contributed by atoms with Gasteiger partial charge in [-0.05, 0) is 31.4 Å². The Hall–Kier alpha value is -2.96. The van der Waals surface area contributed by atoms with Crippen LogP contribution in [0.25, 0.3) is 0 Å². The van der Waals surface area contributed by atoms with Crippen molar-refractivity contribution < 1.29 is 4.74 Å². The second kappa shape index (κ2) is 7.58. The molecule has 0 N–H and O–H groups in total. The number of ether oxygens (including phenoxy) is 1. The van der Waals surface area contributed by atoms with Gasteiger partial charge in [0.05, 0.1) is 18.5 Å². The fourth-order valence-corrected chi connectivity index (χ4v) is 3.27. The number of nitrogens with zero attached hydrogens (tertiary/aromatic N) is 5. The van der Waals surface area contributed by atoms with E-state index in [4.69, 9.17) is 14.7 Å². The maximum atomic E-state index is 12.9. The van der Waals surface area contributed by atoms with E-state index in [1.54, 1.807) is 7.11 Å². The van der Waals surface area contributed by atoms with Crippen LogP contribution < -0.4 is 15.2 Å². The summed E-state index contributed by atoms with van der Waals surface area (Å²) < 4.78 is 6.90. The molecule has 3 rings (SSSR count). The molecule has 1 aromatic carbocycles. The summed E-state index contributed by atoms with van der Waals surface area (Å²) in [5, 5.41) is 4.42. The summed E-state index contributed by atoms with van der Waals surface area (Å²) in [6, 6.07) is 5.81. The van der Waals surface area contributed by atoms with E-state index in [0.717, 1.165) is 11.4 Å². The van der Waals surface area contributed by atoms with Crippen LogP contribution in [-0.4, -0.2) is 42.3 Å². The SMILES string of the molecule is CCc1c(C(C)C)nc2n(c1=O)N=C(C)C2=Nc1ccc(N(C)C)cc1OC. The molecule has 0 radical (unpaired) electrons. The first-order valence-corrected chi connectivity index (χ1v) is 9.44. The van der Waals surface area contributed by atoms with E-state index in [1.807, 2.05) is 64.9 Å². The molecule has 7 nitrogen and oxygen atoms in total. The van der Waals surface area contributed by atoms with Gasteiger partial charge in [0.25, 0.3) is 5.56 Å². The van der Waals surface area contributed by atoms with Crippen LogP contribution in [-0.2, 0) is 6.42 Å². The summed E-state index contributed by atoms with van der Waals surface area (Å²) in [6.45, 7) is 7.89. The zero-order chi connectivity index (χ0) is 20.6. The smallest absolute Gasteiger partial charge is 0.277 e. The quantitative estimate of drug-likeness (QED) is 0.796. The molecule has 2 aromatic rings. The maximum Gasteiger partial charge on any atom is 0.277 e. The summed E-state index contributed by atoms with van der Waals surface area (Å²) in [7, 11) is 5.56. The minimum atomic E-state index is -0.115. The molecular weight excluding hydrogens is 354 g/mol. The zero-order valence-corrected chi connectivity index (χ0v) is 17.6. The van der Waals surface area contributed by atoms with Crippen LogP contribution in [0.2, 0.25) is 0 Å². The van der Waals surface area contributed by atoms with E-state index >= 15 is 0 Å². The molecule has 0 unspecified atom stereocenters. The second-order valence-corrected chi connectivity index (χ2v) is 7.32. The maximum absolute atomic E-state index is 12.9. The Morgan fingerprint density at radius 3 is 2.57 bits per heavy atom. The van der Waals surface area contributed by atoms with Gasteiger partial charge in [0, 0.05) is 31.4 Å². The highest BCUT2D eigenvalue weighted by Gasteiger charge is 2.27. The zero-order valence-electron chi connectivity index (χ0n) is 17.6. The Kier molecular flexibility index (Phi) is 5.36. The molecule has 7 heteroatoms. The van der Waals surface area contributed by atoms with E-state index in [2.05, 4.69) is 5.10 Å². The summed E-state index contributed by atoms with van der Waals surface area (Å²) in [5.41, 5.74) is 4.35. The average Bonchev–Trinajstić information content (AvgIpc) is 2.97. The van der Waals surface area contributed by atoms with Crippen molar-refractivity contribution in [1.29, 1.82) is 0 Å². The monoisotopic (exact) mass is 381 g/mol. The Labute approximate surface area is 165 Å². The molecule has 0 aliphatic carbocycles. The van der Waals surface area contributed by atoms with Crippen molar-refractivity contribution in [2.75, 3.05) is 26.1 Å². The van der Waals surface area contributed by atoms with Crippen molar-refractivity contribution in [2.45, 2.75) is 40.0 Å². The topological polar surface area (TPSA) is 72.1 Å². The molecule has 0 amide bonds. The number of anilines is 1. The molecule has 0 saturated heterocycles. The van der Waals surface area contributed by atoms with E-state index in [1.165, 1.54) is 4.68 Å². The molecule has 0 fully saturated rings. The standard InChI is InChI=1S/C21H27N5O2/c1-8-15-18(12(2)3)23-20-19(13(4)24-26(20)21(15)27)22-16-10-9-14(25(5)6)11-17(16)28-7/h9-12H,8H2,1-7H3. The lowest BCUT2D eigenvalue weighted by atomic mass is 10.0. The summed E-state index contributed by atoms with van der Waals surface area (Å²) >= 11 is 0. The van der Waals surface area contributed by atoms with E-state index in [9.17, 15) is 4.79 Å². The van der Waals surface area contributed by atoms with E-state index in [0.29, 0.717) is 40.7 Å². The van der Waals surface area contributed by atoms with Gasteiger partial charge in [0.2, 0.25) is 0 Å². The number of benzene rings is 1. The minimum Gasteiger partial charge on any atom is -0.494 e. The molecule has 0 spiro atoms. The highest BCUT2D eigenvalue weighted by atomic mass is 16.5. The number of hydrogen-bond acceptors (Lipinski definition) is 6. The summed E-state index contributed by atoms with van der Waals surface area (Å²) in [6.07, 6.45) is 0.625. The molecule has 0 saturated carbocycles. The number of hydrogen-bond donors (Lipinski definition) is 0. The van der Waals surface area contributed by atoms with Gasteiger partial charge in [-0.25, -0.2) is 9.98 Å². The van der Waals surface area contributed by atoms with E-state index in [-0.39, 0.29) is 11.5 Å². The first kappa shape index (κ1) is 19.8. The predicted octanol–water partition coefficient (Wildman–Crippen LogP) is 3.36. The van der Waals surface area contributed by atoms with Crippen LogP contribution in [0.15, 0.2) is 33.1 Å². The molecular formula is C21H27N5O2. The lowest BCUT2D eigenvalue weighted by molar-refractivity contribution is 0.416. The number of fused-ring (bicyclic) bond motifs is 1. The van der Waals surface area contributed by atoms with Crippen LogP contribution >= 0.6 is 0 Å². The Balaban J connectivity index is 2.20. The molecule has 148 valence electrons. The van der Waals surface area contributed by atoms with Gasteiger partial charge in [-0.15, -0.1) is 0 Å². The van der Waals surface area contributed by atoms with Crippen molar-refractivity contribution >= 4 is 22.8 Å². The molecule has 0 bridgehead atoms. The highest BCUT2D eigenvalue weighted by Crippen LogP contribution is 2.32. The van der Waals surface area contributed by atoms with Gasteiger partial charge >= 0.3 is 0 Å². The summed E-state index contributed by atoms with van der Waals surface area (Å²) in [5.74, 6) is 1.29. The first-order valence-electron chi connectivity index (χ1n) is 9.44. The third-order valence-corrected chi connectivity index (χ3v) is 4.80. The minimum absolute atomic E-state index is 0.115. The van der Waals surface area contributed by atoms with Gasteiger partial charge in [-0.1, -0.05) is 20.8 Å². The Morgan fingerprint density at radius 1 is 1.29 bits per heavy atom. The van der Waals surface area contributed by atoms with Crippen molar-refractivity contribution in [2.24, 2.45) is 10.1 Å². The fraction of sp³-hybridized carbons (Fsp3) is 0.429. The van der Waals surface area contributed by atoms with Crippen molar-refractivity contribution in [3.05, 3.63) is 45.6 Å². The van der Waals surface area contributed by atoms with Gasteiger partial charge in [-0.3, -0.25) is 4.79 Å².